The second kappa shape index (κ2) is 14.3. The molecule has 5 aromatic rings. The van der Waals surface area contributed by atoms with E-state index in [0.29, 0.717) is 57.9 Å². The summed E-state index contributed by atoms with van der Waals surface area (Å²) in [5.74, 6) is 1.70. The van der Waals surface area contributed by atoms with Crippen molar-refractivity contribution in [3.63, 3.8) is 0 Å². The third kappa shape index (κ3) is 7.67. The van der Waals surface area contributed by atoms with E-state index >= 15 is 0 Å². The number of benzene rings is 2. The number of carbonyl (C=O) groups excluding carboxylic acids is 1. The van der Waals surface area contributed by atoms with E-state index in [1.807, 2.05) is 35.2 Å². The number of carbonyl (C=O) groups is 1. The number of pyridine rings is 1. The minimum absolute atomic E-state index is 0.183. The number of fused-ring (bicyclic) bond motifs is 1. The number of rotatable bonds is 10. The van der Waals surface area contributed by atoms with Gasteiger partial charge < -0.3 is 24.6 Å². The van der Waals surface area contributed by atoms with Gasteiger partial charge in [0.2, 0.25) is 11.9 Å². The van der Waals surface area contributed by atoms with Crippen LogP contribution in [0.25, 0.3) is 10.3 Å². The van der Waals surface area contributed by atoms with Gasteiger partial charge in [0, 0.05) is 51.1 Å². The van der Waals surface area contributed by atoms with Crippen LogP contribution in [0, 0.1) is 0 Å². The number of anilines is 3. The molecule has 0 aliphatic carbocycles. The Bertz CT molecular complexity index is 1770. The Balaban J connectivity index is 1.07. The van der Waals surface area contributed by atoms with Crippen molar-refractivity contribution in [1.82, 2.24) is 24.8 Å². The van der Waals surface area contributed by atoms with Crippen LogP contribution in [-0.2, 0) is 33.5 Å². The standard InChI is InChI=1S/C35H37N7O3S/c43-33(42-16-20-45-21-17-42)13-8-25-6-9-27(10-7-25)36-35-37-28(22-26-4-2-1-3-5-26)23-29(38-35)24-32-39-30-11-12-31(40-34(30)46-32)41-14-18-44-19-15-41/h1-7,9-12,23H,8,13-22,24H2,(H,36,37,38). The average Bonchev–Trinajstić information content (AvgIpc) is 3.50. The molecule has 2 aromatic carbocycles. The van der Waals surface area contributed by atoms with Crippen LogP contribution in [0.3, 0.4) is 0 Å². The van der Waals surface area contributed by atoms with Crippen molar-refractivity contribution in [1.29, 1.82) is 0 Å². The first-order valence-electron chi connectivity index (χ1n) is 15.9. The largest absolute Gasteiger partial charge is 0.378 e. The average molecular weight is 636 g/mol. The van der Waals surface area contributed by atoms with Crippen molar-refractivity contribution >= 4 is 45.0 Å². The number of hydrogen-bond donors (Lipinski definition) is 1. The Morgan fingerprint density at radius 2 is 1.48 bits per heavy atom. The highest BCUT2D eigenvalue weighted by Crippen LogP contribution is 2.26. The van der Waals surface area contributed by atoms with Crippen molar-refractivity contribution in [2.45, 2.75) is 25.7 Å². The van der Waals surface area contributed by atoms with Crippen molar-refractivity contribution in [2.24, 2.45) is 0 Å². The summed E-state index contributed by atoms with van der Waals surface area (Å²) in [5.41, 5.74) is 5.94. The number of amides is 1. The number of aromatic nitrogens is 4. The molecular formula is C35H37N7O3S. The van der Waals surface area contributed by atoms with Gasteiger partial charge >= 0.3 is 0 Å². The van der Waals surface area contributed by atoms with Crippen molar-refractivity contribution in [3.05, 3.63) is 100 Å². The topological polar surface area (TPSA) is 106 Å². The molecule has 2 saturated heterocycles. The number of hydrogen-bond acceptors (Lipinski definition) is 10. The Morgan fingerprint density at radius 1 is 0.761 bits per heavy atom. The summed E-state index contributed by atoms with van der Waals surface area (Å²) in [6, 6.07) is 24.7. The van der Waals surface area contributed by atoms with Gasteiger partial charge in [0.1, 0.15) is 21.2 Å². The molecule has 0 atom stereocenters. The Morgan fingerprint density at radius 3 is 2.24 bits per heavy atom. The van der Waals surface area contributed by atoms with Gasteiger partial charge in [-0.15, -0.1) is 0 Å². The summed E-state index contributed by atoms with van der Waals surface area (Å²) in [6.07, 6.45) is 2.49. The number of nitrogens with one attached hydrogen (secondary N) is 1. The molecule has 2 aliphatic rings. The first-order valence-corrected chi connectivity index (χ1v) is 16.7. The van der Waals surface area contributed by atoms with Gasteiger partial charge in [-0.3, -0.25) is 4.79 Å². The Kier molecular flexibility index (Phi) is 9.41. The van der Waals surface area contributed by atoms with E-state index in [4.69, 9.17) is 29.4 Å². The number of nitrogens with zero attached hydrogens (tertiary/aromatic N) is 6. The first kappa shape index (κ1) is 30.2. The fraction of sp³-hybridized carbons (Fsp3) is 0.343. The van der Waals surface area contributed by atoms with Crippen LogP contribution < -0.4 is 10.2 Å². The Labute approximate surface area is 272 Å². The minimum atomic E-state index is 0.183. The van der Waals surface area contributed by atoms with Crippen LogP contribution in [0.2, 0.25) is 0 Å². The fourth-order valence-electron chi connectivity index (χ4n) is 5.75. The molecule has 0 unspecified atom stereocenters. The Hall–Kier alpha value is -4.45. The van der Waals surface area contributed by atoms with E-state index < -0.39 is 0 Å². The molecule has 0 spiro atoms. The van der Waals surface area contributed by atoms with Crippen LogP contribution in [0.15, 0.2) is 72.8 Å². The molecule has 3 aromatic heterocycles. The molecule has 11 heteroatoms. The van der Waals surface area contributed by atoms with Gasteiger partial charge in [-0.05, 0) is 47.9 Å². The summed E-state index contributed by atoms with van der Waals surface area (Å²) in [7, 11) is 0. The second-order valence-corrected chi connectivity index (χ2v) is 12.6. The maximum absolute atomic E-state index is 12.6. The highest BCUT2D eigenvalue weighted by Gasteiger charge is 2.17. The second-order valence-electron chi connectivity index (χ2n) is 11.5. The lowest BCUT2D eigenvalue weighted by molar-refractivity contribution is -0.135. The van der Waals surface area contributed by atoms with Crippen molar-refractivity contribution < 1.29 is 14.3 Å². The smallest absolute Gasteiger partial charge is 0.227 e. The summed E-state index contributed by atoms with van der Waals surface area (Å²) in [5, 5.41) is 4.38. The fourth-order valence-corrected chi connectivity index (χ4v) is 6.70. The highest BCUT2D eigenvalue weighted by atomic mass is 32.1. The zero-order valence-corrected chi connectivity index (χ0v) is 26.5. The molecule has 10 nitrogen and oxygen atoms in total. The SMILES string of the molecule is O=C(CCc1ccc(Nc2nc(Cc3ccccc3)cc(Cc3nc4ccc(N5CCOCC5)nc4s3)n2)cc1)N1CCOCC1. The maximum atomic E-state index is 12.6. The zero-order valence-electron chi connectivity index (χ0n) is 25.7. The number of thiazole rings is 1. The van der Waals surface area contributed by atoms with Crippen molar-refractivity contribution in [3.8, 4) is 0 Å². The lowest BCUT2D eigenvalue weighted by atomic mass is 10.1. The van der Waals surface area contributed by atoms with E-state index in [1.54, 1.807) is 11.3 Å². The number of morpholine rings is 2. The molecule has 0 bridgehead atoms. The van der Waals surface area contributed by atoms with Crippen LogP contribution in [0.4, 0.5) is 17.5 Å². The van der Waals surface area contributed by atoms with Gasteiger partial charge in [0.05, 0.1) is 37.8 Å². The lowest BCUT2D eigenvalue weighted by Crippen LogP contribution is -2.40. The molecule has 0 radical (unpaired) electrons. The highest BCUT2D eigenvalue weighted by molar-refractivity contribution is 7.18. The van der Waals surface area contributed by atoms with Gasteiger partial charge in [-0.25, -0.2) is 19.9 Å². The summed E-state index contributed by atoms with van der Waals surface area (Å²) >= 11 is 1.61. The third-order valence-corrected chi connectivity index (χ3v) is 9.18. The predicted molar refractivity (Wildman–Crippen MR) is 180 cm³/mol. The normalized spacial score (nSPS) is 15.3. The van der Waals surface area contributed by atoms with Crippen molar-refractivity contribution in [2.75, 3.05) is 62.8 Å². The number of aryl methyl sites for hydroxylation is 1. The monoisotopic (exact) mass is 635 g/mol. The van der Waals surface area contributed by atoms with E-state index in [0.717, 1.165) is 70.1 Å². The van der Waals surface area contributed by atoms with E-state index in [9.17, 15) is 4.79 Å². The minimum Gasteiger partial charge on any atom is -0.378 e. The summed E-state index contributed by atoms with van der Waals surface area (Å²) < 4.78 is 10.9. The molecule has 2 fully saturated rings. The van der Waals surface area contributed by atoms with Crippen LogP contribution in [0.1, 0.15) is 33.9 Å². The molecule has 5 heterocycles. The summed E-state index contributed by atoms with van der Waals surface area (Å²) in [6.45, 7) is 5.75. The molecule has 1 N–H and O–H groups in total. The van der Waals surface area contributed by atoms with E-state index in [2.05, 4.69) is 52.7 Å². The molecule has 236 valence electrons. The first-order chi connectivity index (χ1) is 22.6. The third-order valence-electron chi connectivity index (χ3n) is 8.21. The molecular weight excluding hydrogens is 598 g/mol. The zero-order chi connectivity index (χ0) is 31.1. The van der Waals surface area contributed by atoms with Gasteiger partial charge in [0.15, 0.2) is 0 Å². The molecule has 7 rings (SSSR count). The van der Waals surface area contributed by atoms with E-state index in [1.165, 1.54) is 5.56 Å². The lowest BCUT2D eigenvalue weighted by Gasteiger charge is -2.27. The van der Waals surface area contributed by atoms with Crippen LogP contribution in [-0.4, -0.2) is 83.3 Å². The molecule has 1 amide bonds. The van der Waals surface area contributed by atoms with Gasteiger partial charge in [0.25, 0.3) is 0 Å². The van der Waals surface area contributed by atoms with E-state index in [-0.39, 0.29) is 5.91 Å². The van der Waals surface area contributed by atoms with Crippen LogP contribution >= 0.6 is 11.3 Å². The van der Waals surface area contributed by atoms with Gasteiger partial charge in [-0.1, -0.05) is 53.8 Å². The molecule has 46 heavy (non-hydrogen) atoms. The van der Waals surface area contributed by atoms with Crippen LogP contribution in [0.5, 0.6) is 0 Å². The molecule has 2 aliphatic heterocycles. The molecule has 0 saturated carbocycles. The quantitative estimate of drug-likeness (QED) is 0.226. The number of ether oxygens (including phenoxy) is 2. The predicted octanol–water partition coefficient (Wildman–Crippen LogP) is 5.03. The summed E-state index contributed by atoms with van der Waals surface area (Å²) in [4.78, 5) is 37.2. The van der Waals surface area contributed by atoms with Gasteiger partial charge in [-0.2, -0.15) is 0 Å². The maximum Gasteiger partial charge on any atom is 0.227 e.